The van der Waals surface area contributed by atoms with Gasteiger partial charge in [0.05, 0.1) is 22.0 Å². The van der Waals surface area contributed by atoms with Crippen LogP contribution in [0.15, 0.2) is 53.7 Å². The Kier molecular flexibility index (Phi) is 6.38. The first kappa shape index (κ1) is 23.2. The molecule has 1 fully saturated rings. The normalized spacial score (nSPS) is 18.3. The van der Waals surface area contributed by atoms with Crippen molar-refractivity contribution in [2.24, 2.45) is 5.92 Å². The number of rotatable bonds is 8. The molecule has 10 heteroatoms. The molecule has 0 amide bonds. The van der Waals surface area contributed by atoms with E-state index in [9.17, 15) is 26.4 Å². The maximum absolute atomic E-state index is 13.5. The van der Waals surface area contributed by atoms with Crippen molar-refractivity contribution in [3.8, 4) is 5.69 Å². The number of hydrogen-bond acceptors (Lipinski definition) is 5. The van der Waals surface area contributed by atoms with E-state index in [2.05, 4.69) is 10.1 Å². The molecule has 1 aliphatic carbocycles. The standard InChI is InChI=1S/C23H22F3N3O3S/c1-14-2-6-17(12-27-14)29-13-15(22(28-29)23(25)26)3-10-20(30)19-9-11-21(19)33(31,32)18-7-4-16(24)5-8-18/h2,4-8,12-13,19,21,23H,3,9-11H2,1H3/t19-,21-/m0/s1. The van der Waals surface area contributed by atoms with E-state index in [4.69, 9.17) is 0 Å². The molecule has 2 heterocycles. The Labute approximate surface area is 189 Å². The molecule has 2 atom stereocenters. The van der Waals surface area contributed by atoms with Crippen LogP contribution in [0.2, 0.25) is 0 Å². The minimum absolute atomic E-state index is 0.0254. The molecule has 0 spiro atoms. The van der Waals surface area contributed by atoms with Gasteiger partial charge < -0.3 is 0 Å². The number of hydrogen-bond donors (Lipinski definition) is 0. The zero-order valence-electron chi connectivity index (χ0n) is 17.8. The third kappa shape index (κ3) is 4.71. The maximum Gasteiger partial charge on any atom is 0.282 e. The first-order valence-electron chi connectivity index (χ1n) is 10.5. The van der Waals surface area contributed by atoms with Crippen LogP contribution < -0.4 is 0 Å². The van der Waals surface area contributed by atoms with Gasteiger partial charge in [-0.15, -0.1) is 0 Å². The van der Waals surface area contributed by atoms with E-state index in [1.54, 1.807) is 19.1 Å². The molecule has 1 aromatic carbocycles. The van der Waals surface area contributed by atoms with Gasteiger partial charge in [-0.1, -0.05) is 0 Å². The predicted molar refractivity (Wildman–Crippen MR) is 114 cm³/mol. The topological polar surface area (TPSA) is 81.9 Å². The van der Waals surface area contributed by atoms with E-state index < -0.39 is 38.9 Å². The lowest BCUT2D eigenvalue weighted by Gasteiger charge is -2.35. The Bertz CT molecular complexity index is 1260. The number of aryl methyl sites for hydroxylation is 2. The molecule has 4 rings (SSSR count). The number of pyridine rings is 1. The van der Waals surface area contributed by atoms with Crippen LogP contribution in [-0.4, -0.2) is 34.2 Å². The van der Waals surface area contributed by atoms with Crippen molar-refractivity contribution in [2.45, 2.75) is 49.2 Å². The van der Waals surface area contributed by atoms with Gasteiger partial charge in [0, 0.05) is 29.8 Å². The molecule has 6 nitrogen and oxygen atoms in total. The molecule has 1 aliphatic rings. The van der Waals surface area contributed by atoms with E-state index >= 15 is 0 Å². The number of aromatic nitrogens is 3. The van der Waals surface area contributed by atoms with Gasteiger partial charge >= 0.3 is 0 Å². The average molecular weight is 478 g/mol. The molecule has 2 aromatic heterocycles. The lowest BCUT2D eigenvalue weighted by Crippen LogP contribution is -2.43. The first-order chi connectivity index (χ1) is 15.7. The van der Waals surface area contributed by atoms with Gasteiger partial charge in [-0.2, -0.15) is 5.10 Å². The number of alkyl halides is 2. The number of Topliss-reactive ketones (excluding diaryl/α,β-unsaturated/α-hetero) is 1. The second-order valence-electron chi connectivity index (χ2n) is 8.13. The van der Waals surface area contributed by atoms with Gasteiger partial charge in [0.25, 0.3) is 6.43 Å². The van der Waals surface area contributed by atoms with Crippen molar-refractivity contribution in [3.05, 3.63) is 71.6 Å². The highest BCUT2D eigenvalue weighted by atomic mass is 32.2. The predicted octanol–water partition coefficient (Wildman–Crippen LogP) is 4.41. The van der Waals surface area contributed by atoms with Crippen LogP contribution in [0, 0.1) is 18.7 Å². The van der Waals surface area contributed by atoms with Crippen molar-refractivity contribution in [3.63, 3.8) is 0 Å². The molecule has 33 heavy (non-hydrogen) atoms. The number of sulfone groups is 1. The number of carbonyl (C=O) groups is 1. The number of halogens is 3. The smallest absolute Gasteiger partial charge is 0.282 e. The second-order valence-corrected chi connectivity index (χ2v) is 10.3. The van der Waals surface area contributed by atoms with Gasteiger partial charge in [-0.3, -0.25) is 9.78 Å². The van der Waals surface area contributed by atoms with Crippen molar-refractivity contribution in [1.82, 2.24) is 14.8 Å². The van der Waals surface area contributed by atoms with E-state index in [0.717, 1.165) is 17.8 Å². The summed E-state index contributed by atoms with van der Waals surface area (Å²) in [5, 5.41) is 3.07. The molecule has 0 bridgehead atoms. The quantitative estimate of drug-likeness (QED) is 0.449. The largest absolute Gasteiger partial charge is 0.299 e. The van der Waals surface area contributed by atoms with Crippen LogP contribution in [0.1, 0.15) is 42.6 Å². The Balaban J connectivity index is 1.47. The summed E-state index contributed by atoms with van der Waals surface area (Å²) in [4.78, 5) is 16.9. The molecular formula is C23H22F3N3O3S. The van der Waals surface area contributed by atoms with Crippen LogP contribution in [-0.2, 0) is 21.1 Å². The fourth-order valence-corrected chi connectivity index (χ4v) is 6.01. The number of carbonyl (C=O) groups excluding carboxylic acids is 1. The molecule has 0 unspecified atom stereocenters. The zero-order valence-corrected chi connectivity index (χ0v) is 18.6. The highest BCUT2D eigenvalue weighted by Crippen LogP contribution is 2.38. The van der Waals surface area contributed by atoms with Gasteiger partial charge in [0.2, 0.25) is 0 Å². The fraction of sp³-hybridized carbons (Fsp3) is 0.348. The molecule has 0 aliphatic heterocycles. The van der Waals surface area contributed by atoms with E-state index in [1.807, 2.05) is 0 Å². The van der Waals surface area contributed by atoms with Gasteiger partial charge in [0.15, 0.2) is 9.84 Å². The van der Waals surface area contributed by atoms with Crippen LogP contribution in [0.5, 0.6) is 0 Å². The minimum Gasteiger partial charge on any atom is -0.299 e. The SMILES string of the molecule is Cc1ccc(-n2cc(CCC(=O)[C@@H]3CC[C@@H]3S(=O)(=O)c3ccc(F)cc3)c(C(F)F)n2)cn1. The summed E-state index contributed by atoms with van der Waals surface area (Å²) in [5.41, 5.74) is 1.12. The summed E-state index contributed by atoms with van der Waals surface area (Å²) >= 11 is 0. The summed E-state index contributed by atoms with van der Waals surface area (Å²) in [6.07, 6.45) is 0.858. The molecule has 0 N–H and O–H groups in total. The van der Waals surface area contributed by atoms with Crippen LogP contribution in [0.3, 0.4) is 0 Å². The highest BCUT2D eigenvalue weighted by molar-refractivity contribution is 7.92. The summed E-state index contributed by atoms with van der Waals surface area (Å²) < 4.78 is 67.2. The highest BCUT2D eigenvalue weighted by Gasteiger charge is 2.45. The summed E-state index contributed by atoms with van der Waals surface area (Å²) in [6.45, 7) is 1.80. The monoisotopic (exact) mass is 477 g/mol. The van der Waals surface area contributed by atoms with Gasteiger partial charge in [0.1, 0.15) is 17.3 Å². The van der Waals surface area contributed by atoms with E-state index in [1.165, 1.54) is 29.2 Å². The molecular weight excluding hydrogens is 455 g/mol. The fourth-order valence-electron chi connectivity index (χ4n) is 3.98. The molecule has 3 aromatic rings. The first-order valence-corrected chi connectivity index (χ1v) is 12.0. The minimum atomic E-state index is -3.78. The summed E-state index contributed by atoms with van der Waals surface area (Å²) in [5.74, 6) is -1.54. The van der Waals surface area contributed by atoms with Crippen molar-refractivity contribution in [1.29, 1.82) is 0 Å². The number of benzene rings is 1. The lowest BCUT2D eigenvalue weighted by atomic mass is 9.80. The lowest BCUT2D eigenvalue weighted by molar-refractivity contribution is -0.124. The Morgan fingerprint density at radius 2 is 1.88 bits per heavy atom. The van der Waals surface area contributed by atoms with Crippen molar-refractivity contribution in [2.75, 3.05) is 0 Å². The Morgan fingerprint density at radius 1 is 1.15 bits per heavy atom. The molecule has 174 valence electrons. The molecule has 1 saturated carbocycles. The molecule has 0 saturated heterocycles. The molecule has 0 radical (unpaired) electrons. The number of nitrogens with zero attached hydrogens (tertiary/aromatic N) is 3. The van der Waals surface area contributed by atoms with Crippen LogP contribution in [0.4, 0.5) is 13.2 Å². The summed E-state index contributed by atoms with van der Waals surface area (Å²) in [7, 11) is -3.78. The van der Waals surface area contributed by atoms with E-state index in [0.29, 0.717) is 18.5 Å². The third-order valence-electron chi connectivity index (χ3n) is 6.00. The van der Waals surface area contributed by atoms with Crippen LogP contribution >= 0.6 is 0 Å². The van der Waals surface area contributed by atoms with Gasteiger partial charge in [-0.25, -0.2) is 26.3 Å². The zero-order chi connectivity index (χ0) is 23.8. The Hall–Kier alpha value is -3.01. The van der Waals surface area contributed by atoms with Crippen molar-refractivity contribution >= 4 is 15.6 Å². The van der Waals surface area contributed by atoms with E-state index in [-0.39, 0.29) is 29.1 Å². The second kappa shape index (κ2) is 9.09. The number of ketones is 1. The maximum atomic E-state index is 13.5. The van der Waals surface area contributed by atoms with Crippen LogP contribution in [0.25, 0.3) is 5.69 Å². The summed E-state index contributed by atoms with van der Waals surface area (Å²) in [6, 6.07) is 7.95. The van der Waals surface area contributed by atoms with Gasteiger partial charge in [-0.05, 0) is 62.6 Å². The average Bonchev–Trinajstić information content (AvgIpc) is 3.16. The Morgan fingerprint density at radius 3 is 2.45 bits per heavy atom. The third-order valence-corrected chi connectivity index (χ3v) is 8.29. The van der Waals surface area contributed by atoms with Crippen molar-refractivity contribution < 1.29 is 26.4 Å².